The number of aromatic nitrogens is 2. The van der Waals surface area contributed by atoms with Gasteiger partial charge in [-0.15, -0.1) is 0 Å². The summed E-state index contributed by atoms with van der Waals surface area (Å²) in [5.41, 5.74) is 0.543. The van der Waals surface area contributed by atoms with Crippen molar-refractivity contribution in [3.63, 3.8) is 0 Å². The first kappa shape index (κ1) is 16.4. The van der Waals surface area contributed by atoms with Gasteiger partial charge in [0.1, 0.15) is 17.5 Å². The summed E-state index contributed by atoms with van der Waals surface area (Å²) in [6.07, 6.45) is 4.05. The largest absolute Gasteiger partial charge is 0.497 e. The number of hydrogen-bond donors (Lipinski definition) is 3. The molecule has 120 valence electrons. The molecule has 0 bridgehead atoms. The molecule has 1 atom stereocenters. The van der Waals surface area contributed by atoms with Crippen molar-refractivity contribution in [2.75, 3.05) is 19.0 Å². The van der Waals surface area contributed by atoms with Gasteiger partial charge in [-0.1, -0.05) is 6.07 Å². The summed E-state index contributed by atoms with van der Waals surface area (Å²) in [5.74, 6) is -0.581. The molecule has 0 unspecified atom stereocenters. The third kappa shape index (κ3) is 4.48. The van der Waals surface area contributed by atoms with E-state index in [2.05, 4.69) is 20.6 Å². The molecule has 0 aliphatic heterocycles. The zero-order valence-electron chi connectivity index (χ0n) is 12.4. The maximum atomic E-state index is 12.1. The average Bonchev–Trinajstić information content (AvgIpc) is 2.60. The van der Waals surface area contributed by atoms with Crippen molar-refractivity contribution < 1.29 is 19.4 Å². The monoisotopic (exact) mass is 316 g/mol. The van der Waals surface area contributed by atoms with Crippen molar-refractivity contribution in [2.45, 2.75) is 6.04 Å². The van der Waals surface area contributed by atoms with Crippen LogP contribution in [0.3, 0.4) is 0 Å². The van der Waals surface area contributed by atoms with Gasteiger partial charge in [0, 0.05) is 24.1 Å². The lowest BCUT2D eigenvalue weighted by Crippen LogP contribution is -2.46. The number of anilines is 1. The Morgan fingerprint density at radius 2 is 2.17 bits per heavy atom. The number of rotatable bonds is 6. The Kier molecular flexibility index (Phi) is 5.59. The van der Waals surface area contributed by atoms with Crippen LogP contribution in [-0.4, -0.2) is 46.6 Å². The third-order valence-corrected chi connectivity index (χ3v) is 2.94. The topological polar surface area (TPSA) is 113 Å². The van der Waals surface area contributed by atoms with Gasteiger partial charge in [-0.05, 0) is 12.1 Å². The second kappa shape index (κ2) is 7.85. The molecule has 8 nitrogen and oxygen atoms in total. The zero-order chi connectivity index (χ0) is 16.7. The third-order valence-electron chi connectivity index (χ3n) is 2.94. The summed E-state index contributed by atoms with van der Waals surface area (Å²) in [5, 5.41) is 14.3. The summed E-state index contributed by atoms with van der Waals surface area (Å²) in [4.78, 5) is 31.7. The summed E-state index contributed by atoms with van der Waals surface area (Å²) in [7, 11) is 1.51. The quantitative estimate of drug-likeness (QED) is 0.702. The lowest BCUT2D eigenvalue weighted by molar-refractivity contribution is -0.118. The van der Waals surface area contributed by atoms with Crippen molar-refractivity contribution in [3.8, 4) is 5.75 Å². The van der Waals surface area contributed by atoms with E-state index in [9.17, 15) is 14.7 Å². The van der Waals surface area contributed by atoms with Crippen molar-refractivity contribution >= 4 is 17.5 Å². The second-order valence-corrected chi connectivity index (χ2v) is 4.52. The number of hydrogen-bond acceptors (Lipinski definition) is 6. The van der Waals surface area contributed by atoms with E-state index in [0.29, 0.717) is 11.4 Å². The van der Waals surface area contributed by atoms with Crippen LogP contribution >= 0.6 is 0 Å². The van der Waals surface area contributed by atoms with Crippen LogP contribution in [0.4, 0.5) is 5.69 Å². The van der Waals surface area contributed by atoms with Crippen molar-refractivity contribution in [1.82, 2.24) is 15.3 Å². The molecule has 23 heavy (non-hydrogen) atoms. The lowest BCUT2D eigenvalue weighted by atomic mass is 10.2. The summed E-state index contributed by atoms with van der Waals surface area (Å²) in [6.45, 7) is -0.554. The van der Waals surface area contributed by atoms with Crippen LogP contribution in [0.25, 0.3) is 0 Å². The highest BCUT2D eigenvalue weighted by molar-refractivity contribution is 6.00. The summed E-state index contributed by atoms with van der Waals surface area (Å²) < 4.78 is 5.06. The molecule has 1 aromatic heterocycles. The fraction of sp³-hybridized carbons (Fsp3) is 0.200. The maximum Gasteiger partial charge on any atom is 0.272 e. The molecular formula is C15H16N4O4. The van der Waals surface area contributed by atoms with Crippen LogP contribution in [0.2, 0.25) is 0 Å². The SMILES string of the molecule is COc1cccc(NC(=O)[C@H](CO)NC(=O)c2cnccn2)c1. The molecular weight excluding hydrogens is 300 g/mol. The minimum Gasteiger partial charge on any atom is -0.497 e. The smallest absolute Gasteiger partial charge is 0.272 e. The van der Waals surface area contributed by atoms with E-state index < -0.39 is 24.5 Å². The number of carbonyl (C=O) groups excluding carboxylic acids is 2. The molecule has 2 rings (SSSR count). The molecule has 8 heteroatoms. The highest BCUT2D eigenvalue weighted by atomic mass is 16.5. The molecule has 0 aliphatic carbocycles. The van der Waals surface area contributed by atoms with Crippen molar-refractivity contribution in [3.05, 3.63) is 48.5 Å². The summed E-state index contributed by atoms with van der Waals surface area (Å²) in [6, 6.07) is 5.61. The maximum absolute atomic E-state index is 12.1. The van der Waals surface area contributed by atoms with Gasteiger partial charge in [-0.3, -0.25) is 14.6 Å². The molecule has 0 fully saturated rings. The average molecular weight is 316 g/mol. The van der Waals surface area contributed by atoms with Gasteiger partial charge in [-0.25, -0.2) is 4.98 Å². The number of carbonyl (C=O) groups is 2. The van der Waals surface area contributed by atoms with Crippen LogP contribution < -0.4 is 15.4 Å². The fourth-order valence-corrected chi connectivity index (χ4v) is 1.77. The van der Waals surface area contributed by atoms with Gasteiger partial charge in [0.15, 0.2) is 0 Å². The Labute approximate surface area is 132 Å². The minimum atomic E-state index is -1.12. The molecule has 2 amide bonds. The van der Waals surface area contributed by atoms with Crippen LogP contribution in [-0.2, 0) is 4.79 Å². The Bertz CT molecular complexity index is 678. The molecule has 2 aromatic rings. The highest BCUT2D eigenvalue weighted by Gasteiger charge is 2.21. The van der Waals surface area contributed by atoms with E-state index in [-0.39, 0.29) is 5.69 Å². The molecule has 1 aromatic carbocycles. The van der Waals surface area contributed by atoms with Crippen molar-refractivity contribution in [1.29, 1.82) is 0 Å². The standard InChI is InChI=1S/C15H16N4O4/c1-23-11-4-2-3-10(7-11)18-15(22)13(9-20)19-14(21)12-8-16-5-6-17-12/h2-8,13,20H,9H2,1H3,(H,18,22)(H,19,21)/t13-/m0/s1. The van der Waals surface area contributed by atoms with E-state index >= 15 is 0 Å². The van der Waals surface area contributed by atoms with Crippen LogP contribution in [0.5, 0.6) is 5.75 Å². The minimum absolute atomic E-state index is 0.0557. The number of nitrogens with zero attached hydrogens (tertiary/aromatic N) is 2. The van der Waals surface area contributed by atoms with Gasteiger partial charge in [0.25, 0.3) is 5.91 Å². The first-order valence-electron chi connectivity index (χ1n) is 6.76. The van der Waals surface area contributed by atoms with Gasteiger partial charge < -0.3 is 20.5 Å². The van der Waals surface area contributed by atoms with Crippen LogP contribution in [0.1, 0.15) is 10.5 Å². The predicted octanol–water partition coefficient (Wildman–Crippen LogP) is 0.215. The van der Waals surface area contributed by atoms with E-state index in [4.69, 9.17) is 4.74 Å². The number of methoxy groups -OCH3 is 1. The molecule has 0 aliphatic rings. The number of aliphatic hydroxyl groups excluding tert-OH is 1. The highest BCUT2D eigenvalue weighted by Crippen LogP contribution is 2.16. The second-order valence-electron chi connectivity index (χ2n) is 4.52. The van der Waals surface area contributed by atoms with Crippen molar-refractivity contribution in [2.24, 2.45) is 0 Å². The Morgan fingerprint density at radius 1 is 1.35 bits per heavy atom. The number of nitrogens with one attached hydrogen (secondary N) is 2. The molecule has 1 heterocycles. The first-order chi connectivity index (χ1) is 11.1. The van der Waals surface area contributed by atoms with Gasteiger partial charge in [-0.2, -0.15) is 0 Å². The number of ether oxygens (including phenoxy) is 1. The molecule has 0 saturated carbocycles. The number of amides is 2. The van der Waals surface area contributed by atoms with E-state index in [1.54, 1.807) is 24.3 Å². The fourth-order valence-electron chi connectivity index (χ4n) is 1.77. The zero-order valence-corrected chi connectivity index (χ0v) is 12.4. The number of aliphatic hydroxyl groups is 1. The van der Waals surface area contributed by atoms with Gasteiger partial charge >= 0.3 is 0 Å². The van der Waals surface area contributed by atoms with Gasteiger partial charge in [0.05, 0.1) is 19.9 Å². The van der Waals surface area contributed by atoms with E-state index in [0.717, 1.165) is 0 Å². The normalized spacial score (nSPS) is 11.4. The Morgan fingerprint density at radius 3 is 2.83 bits per heavy atom. The predicted molar refractivity (Wildman–Crippen MR) is 82.0 cm³/mol. The molecule has 0 saturated heterocycles. The molecule has 3 N–H and O–H groups in total. The first-order valence-corrected chi connectivity index (χ1v) is 6.76. The Balaban J connectivity index is 2.02. The van der Waals surface area contributed by atoms with E-state index in [1.807, 2.05) is 0 Å². The summed E-state index contributed by atoms with van der Waals surface area (Å²) >= 11 is 0. The molecule has 0 spiro atoms. The van der Waals surface area contributed by atoms with Crippen LogP contribution in [0.15, 0.2) is 42.9 Å². The van der Waals surface area contributed by atoms with Crippen LogP contribution in [0, 0.1) is 0 Å². The Hall–Kier alpha value is -3.00. The van der Waals surface area contributed by atoms with Gasteiger partial charge in [0.2, 0.25) is 5.91 Å². The number of benzene rings is 1. The van der Waals surface area contributed by atoms with E-state index in [1.165, 1.54) is 25.7 Å². The lowest BCUT2D eigenvalue weighted by Gasteiger charge is -2.16. The molecule has 0 radical (unpaired) electrons.